The first-order valence-electron chi connectivity index (χ1n) is 4.32. The number of ether oxygens (including phenoxy) is 2. The second-order valence-corrected chi connectivity index (χ2v) is 3.86. The minimum Gasteiger partial charge on any atom is -0.381 e. The Kier molecular flexibility index (Phi) is 2.90. The van der Waals surface area contributed by atoms with E-state index in [4.69, 9.17) is 9.47 Å². The molecule has 66 valence electrons. The van der Waals surface area contributed by atoms with Crippen molar-refractivity contribution in [2.45, 2.75) is 20.8 Å². The minimum absolute atomic E-state index is 0.315. The lowest BCUT2D eigenvalue weighted by atomic mass is 9.83. The van der Waals surface area contributed by atoms with Gasteiger partial charge >= 0.3 is 0 Å². The zero-order valence-corrected chi connectivity index (χ0v) is 7.72. The largest absolute Gasteiger partial charge is 0.381 e. The van der Waals surface area contributed by atoms with Gasteiger partial charge in [-0.1, -0.05) is 13.8 Å². The summed E-state index contributed by atoms with van der Waals surface area (Å²) in [6.45, 7) is 9.92. The van der Waals surface area contributed by atoms with Gasteiger partial charge in [0, 0.05) is 12.5 Å². The van der Waals surface area contributed by atoms with E-state index in [2.05, 4.69) is 13.8 Å². The topological polar surface area (TPSA) is 18.5 Å². The van der Waals surface area contributed by atoms with Gasteiger partial charge in [-0.25, -0.2) is 0 Å². The van der Waals surface area contributed by atoms with E-state index >= 15 is 0 Å². The maximum Gasteiger partial charge on any atom is 0.0522 e. The van der Waals surface area contributed by atoms with E-state index in [1.807, 2.05) is 6.92 Å². The quantitative estimate of drug-likeness (QED) is 0.622. The fraction of sp³-hybridized carbons (Fsp3) is 1.00. The first-order valence-corrected chi connectivity index (χ1v) is 4.32. The predicted molar refractivity (Wildman–Crippen MR) is 44.6 cm³/mol. The van der Waals surface area contributed by atoms with Crippen molar-refractivity contribution in [1.29, 1.82) is 0 Å². The molecule has 0 aliphatic carbocycles. The van der Waals surface area contributed by atoms with Crippen LogP contribution in [0.4, 0.5) is 0 Å². The van der Waals surface area contributed by atoms with E-state index in [1.54, 1.807) is 0 Å². The Balaban J connectivity index is 2.32. The van der Waals surface area contributed by atoms with E-state index in [0.717, 1.165) is 26.4 Å². The molecule has 1 saturated heterocycles. The molecule has 0 aromatic rings. The summed E-state index contributed by atoms with van der Waals surface area (Å²) in [5, 5.41) is 0. The lowest BCUT2D eigenvalue weighted by molar-refractivity contribution is 0.0781. The average molecular weight is 158 g/mol. The molecule has 1 unspecified atom stereocenters. The Labute approximate surface area is 68.9 Å². The number of hydrogen-bond acceptors (Lipinski definition) is 2. The first kappa shape index (κ1) is 9.01. The standard InChI is InChI=1S/C9H18O2/c1-4-10-5-8-6-11-7-9(8,2)3/h8H,4-7H2,1-3H3. The molecule has 0 aromatic heterocycles. The summed E-state index contributed by atoms with van der Waals surface area (Å²) >= 11 is 0. The molecule has 2 heteroatoms. The fourth-order valence-electron chi connectivity index (χ4n) is 1.34. The highest BCUT2D eigenvalue weighted by Crippen LogP contribution is 2.33. The van der Waals surface area contributed by atoms with Crippen LogP contribution in [0.1, 0.15) is 20.8 Å². The van der Waals surface area contributed by atoms with Crippen molar-refractivity contribution >= 4 is 0 Å². The molecule has 0 bridgehead atoms. The van der Waals surface area contributed by atoms with Crippen LogP contribution in [-0.4, -0.2) is 26.4 Å². The summed E-state index contributed by atoms with van der Waals surface area (Å²) in [6, 6.07) is 0. The lowest BCUT2D eigenvalue weighted by Gasteiger charge is -2.23. The van der Waals surface area contributed by atoms with Crippen molar-refractivity contribution in [3.05, 3.63) is 0 Å². The third-order valence-electron chi connectivity index (χ3n) is 2.42. The van der Waals surface area contributed by atoms with Crippen LogP contribution in [-0.2, 0) is 9.47 Å². The molecule has 1 aliphatic rings. The van der Waals surface area contributed by atoms with Crippen LogP contribution in [0.5, 0.6) is 0 Å². The molecule has 1 fully saturated rings. The smallest absolute Gasteiger partial charge is 0.0522 e. The molecule has 2 nitrogen and oxygen atoms in total. The van der Waals surface area contributed by atoms with E-state index in [-0.39, 0.29) is 0 Å². The zero-order chi connectivity index (χ0) is 8.32. The van der Waals surface area contributed by atoms with Crippen molar-refractivity contribution in [1.82, 2.24) is 0 Å². The Morgan fingerprint density at radius 1 is 1.55 bits per heavy atom. The Hall–Kier alpha value is -0.0800. The molecule has 0 spiro atoms. The van der Waals surface area contributed by atoms with Gasteiger partial charge in [0.2, 0.25) is 0 Å². The Morgan fingerprint density at radius 2 is 2.27 bits per heavy atom. The summed E-state index contributed by atoms with van der Waals surface area (Å²) in [4.78, 5) is 0. The van der Waals surface area contributed by atoms with Crippen molar-refractivity contribution in [3.8, 4) is 0 Å². The van der Waals surface area contributed by atoms with Crippen LogP contribution >= 0.6 is 0 Å². The molecular formula is C9H18O2. The van der Waals surface area contributed by atoms with Crippen molar-refractivity contribution in [3.63, 3.8) is 0 Å². The predicted octanol–water partition coefficient (Wildman–Crippen LogP) is 1.70. The van der Waals surface area contributed by atoms with Crippen LogP contribution < -0.4 is 0 Å². The molecule has 0 aromatic carbocycles. The van der Waals surface area contributed by atoms with E-state index in [0.29, 0.717) is 11.3 Å². The maximum atomic E-state index is 5.39. The zero-order valence-electron chi connectivity index (χ0n) is 7.72. The van der Waals surface area contributed by atoms with Gasteiger partial charge in [-0.3, -0.25) is 0 Å². The highest BCUT2D eigenvalue weighted by molar-refractivity contribution is 4.82. The Morgan fingerprint density at radius 3 is 2.73 bits per heavy atom. The molecule has 0 radical (unpaired) electrons. The minimum atomic E-state index is 0.315. The summed E-state index contributed by atoms with van der Waals surface area (Å²) in [6.07, 6.45) is 0. The molecule has 1 heterocycles. The molecule has 1 rings (SSSR count). The molecule has 1 aliphatic heterocycles. The van der Waals surface area contributed by atoms with Crippen molar-refractivity contribution in [2.24, 2.45) is 11.3 Å². The lowest BCUT2D eigenvalue weighted by Crippen LogP contribution is -2.26. The van der Waals surface area contributed by atoms with Gasteiger partial charge in [0.1, 0.15) is 0 Å². The average Bonchev–Trinajstić information content (AvgIpc) is 2.25. The highest BCUT2D eigenvalue weighted by atomic mass is 16.5. The summed E-state index contributed by atoms with van der Waals surface area (Å²) in [5.41, 5.74) is 0.315. The summed E-state index contributed by atoms with van der Waals surface area (Å²) in [5.74, 6) is 0.586. The van der Waals surface area contributed by atoms with Crippen LogP contribution in [0.15, 0.2) is 0 Å². The number of rotatable bonds is 3. The summed E-state index contributed by atoms with van der Waals surface area (Å²) < 4.78 is 10.8. The van der Waals surface area contributed by atoms with E-state index in [9.17, 15) is 0 Å². The third-order valence-corrected chi connectivity index (χ3v) is 2.42. The molecule has 0 N–H and O–H groups in total. The normalized spacial score (nSPS) is 29.2. The fourth-order valence-corrected chi connectivity index (χ4v) is 1.34. The first-order chi connectivity index (χ1) is 5.17. The number of hydrogen-bond donors (Lipinski definition) is 0. The van der Waals surface area contributed by atoms with Crippen LogP contribution in [0.3, 0.4) is 0 Å². The molecule has 1 atom stereocenters. The molecular weight excluding hydrogens is 140 g/mol. The van der Waals surface area contributed by atoms with Gasteiger partial charge in [0.25, 0.3) is 0 Å². The van der Waals surface area contributed by atoms with Gasteiger partial charge < -0.3 is 9.47 Å². The van der Waals surface area contributed by atoms with Crippen LogP contribution in [0.25, 0.3) is 0 Å². The second-order valence-electron chi connectivity index (χ2n) is 3.86. The highest BCUT2D eigenvalue weighted by Gasteiger charge is 2.35. The second kappa shape index (κ2) is 3.55. The molecule has 0 amide bonds. The molecule has 11 heavy (non-hydrogen) atoms. The summed E-state index contributed by atoms with van der Waals surface area (Å²) in [7, 11) is 0. The Bertz CT molecular complexity index is 121. The third kappa shape index (κ3) is 2.17. The monoisotopic (exact) mass is 158 g/mol. The van der Waals surface area contributed by atoms with Gasteiger partial charge in [-0.15, -0.1) is 0 Å². The van der Waals surface area contributed by atoms with Crippen LogP contribution in [0.2, 0.25) is 0 Å². The van der Waals surface area contributed by atoms with Gasteiger partial charge in [0.05, 0.1) is 19.8 Å². The van der Waals surface area contributed by atoms with Gasteiger partial charge in [0.15, 0.2) is 0 Å². The van der Waals surface area contributed by atoms with E-state index < -0.39 is 0 Å². The maximum absolute atomic E-state index is 5.39. The SMILES string of the molecule is CCOCC1COCC1(C)C. The van der Waals surface area contributed by atoms with Crippen molar-refractivity contribution in [2.75, 3.05) is 26.4 Å². The van der Waals surface area contributed by atoms with Crippen molar-refractivity contribution < 1.29 is 9.47 Å². The van der Waals surface area contributed by atoms with E-state index in [1.165, 1.54) is 0 Å². The van der Waals surface area contributed by atoms with Gasteiger partial charge in [-0.2, -0.15) is 0 Å². The van der Waals surface area contributed by atoms with Crippen LogP contribution in [0, 0.1) is 11.3 Å². The van der Waals surface area contributed by atoms with Gasteiger partial charge in [-0.05, 0) is 12.3 Å². The molecule has 0 saturated carbocycles.